The van der Waals surface area contributed by atoms with E-state index in [2.05, 4.69) is 37.5 Å². The van der Waals surface area contributed by atoms with Crippen molar-refractivity contribution >= 4 is 0 Å². The Labute approximate surface area is 134 Å². The average molecular weight is 303 g/mol. The molecular weight excluding hydrogens is 260 g/mol. The Balaban J connectivity index is 0. The highest BCUT2D eigenvalue weighted by molar-refractivity contribution is 4.74. The smallest absolute Gasteiger partial charge is 0.0679 e. The van der Waals surface area contributed by atoms with Crippen molar-refractivity contribution in [3.05, 3.63) is 0 Å². The van der Waals surface area contributed by atoms with Gasteiger partial charge in [0, 0.05) is 26.2 Å². The zero-order chi connectivity index (χ0) is 14.3. The van der Waals surface area contributed by atoms with E-state index in [-0.39, 0.29) is 21.0 Å². The molecule has 0 radical (unpaired) electrons. The number of likely N-dealkylation sites (tertiary alicyclic amines) is 2. The van der Waals surface area contributed by atoms with Gasteiger partial charge in [0.2, 0.25) is 0 Å². The van der Waals surface area contributed by atoms with Gasteiger partial charge >= 0.3 is 0 Å². The molecule has 0 spiro atoms. The Morgan fingerprint density at radius 1 is 0.857 bits per heavy atom. The minimum absolute atomic E-state index is 0. The number of β-amino-alcohol motifs (C(OH)–C–C–N with tert-alkyl or cyclic N) is 1. The zero-order valence-electron chi connectivity index (χ0n) is 13.4. The Morgan fingerprint density at radius 3 is 1.71 bits per heavy atom. The van der Waals surface area contributed by atoms with Gasteiger partial charge in [0.05, 0.1) is 6.10 Å². The predicted molar refractivity (Wildman–Crippen MR) is 95.9 cm³/mol. The number of aliphatic hydroxyl groups is 1. The predicted octanol–water partition coefficient (Wildman–Crippen LogP) is 3.72. The molecule has 0 bridgehead atoms. The summed E-state index contributed by atoms with van der Waals surface area (Å²) in [6.07, 6.45) is 3.75. The summed E-state index contributed by atoms with van der Waals surface area (Å²) in [6, 6.07) is 0. The van der Waals surface area contributed by atoms with E-state index < -0.39 is 0 Å². The molecule has 2 fully saturated rings. The van der Waals surface area contributed by atoms with E-state index in [0.29, 0.717) is 0 Å². The van der Waals surface area contributed by atoms with Gasteiger partial charge in [0.1, 0.15) is 0 Å². The molecule has 2 aliphatic rings. The van der Waals surface area contributed by atoms with Gasteiger partial charge in [-0.2, -0.15) is 0 Å². The van der Waals surface area contributed by atoms with Crippen LogP contribution < -0.4 is 0 Å². The normalized spacial score (nSPS) is 22.7. The Kier molecular flexibility index (Phi) is 13.7. The molecule has 0 aliphatic carbocycles. The highest BCUT2D eigenvalue weighted by Gasteiger charge is 2.19. The molecule has 0 aromatic rings. The first-order chi connectivity index (χ1) is 8.97. The lowest BCUT2D eigenvalue weighted by atomic mass is 10.2. The second kappa shape index (κ2) is 12.4. The lowest BCUT2D eigenvalue weighted by Gasteiger charge is -2.16. The first-order valence-corrected chi connectivity index (χ1v) is 8.10. The maximum Gasteiger partial charge on any atom is 0.0679 e. The van der Waals surface area contributed by atoms with E-state index in [1.54, 1.807) is 0 Å². The fourth-order valence-corrected chi connectivity index (χ4v) is 2.98. The maximum atomic E-state index is 9.17. The van der Waals surface area contributed by atoms with Crippen molar-refractivity contribution in [1.82, 2.24) is 9.80 Å². The van der Waals surface area contributed by atoms with Gasteiger partial charge in [-0.15, -0.1) is 0 Å². The Morgan fingerprint density at radius 2 is 1.33 bits per heavy atom. The van der Waals surface area contributed by atoms with Gasteiger partial charge in [-0.25, -0.2) is 0 Å². The molecule has 0 saturated carbocycles. The summed E-state index contributed by atoms with van der Waals surface area (Å²) in [5.74, 6) is 1.58. The van der Waals surface area contributed by atoms with E-state index >= 15 is 0 Å². The van der Waals surface area contributed by atoms with Crippen molar-refractivity contribution < 1.29 is 5.11 Å². The summed E-state index contributed by atoms with van der Waals surface area (Å²) < 4.78 is 0. The van der Waals surface area contributed by atoms with Crippen molar-refractivity contribution in [1.29, 1.82) is 0 Å². The van der Waals surface area contributed by atoms with Crippen molar-refractivity contribution in [2.75, 3.05) is 39.3 Å². The van der Waals surface area contributed by atoms with Crippen LogP contribution in [0.25, 0.3) is 0 Å². The molecule has 2 saturated heterocycles. The number of hydrogen-bond acceptors (Lipinski definition) is 3. The summed E-state index contributed by atoms with van der Waals surface area (Å²) in [7, 11) is 0. The summed E-state index contributed by atoms with van der Waals surface area (Å²) in [4.78, 5) is 4.89. The van der Waals surface area contributed by atoms with Gasteiger partial charge in [-0.3, -0.25) is 0 Å². The maximum absolute atomic E-state index is 9.17. The first kappa shape index (κ1) is 23.2. The van der Waals surface area contributed by atoms with Crippen molar-refractivity contribution in [3.8, 4) is 0 Å². The third-order valence-corrected chi connectivity index (χ3v) is 3.69. The molecule has 1 N–H and O–H groups in total. The van der Waals surface area contributed by atoms with Crippen molar-refractivity contribution in [2.45, 2.75) is 67.9 Å². The van der Waals surface area contributed by atoms with E-state index in [4.69, 9.17) is 0 Å². The van der Waals surface area contributed by atoms with Crippen LogP contribution in [0.4, 0.5) is 0 Å². The van der Waals surface area contributed by atoms with Crippen molar-refractivity contribution in [3.63, 3.8) is 0 Å². The van der Waals surface area contributed by atoms with Gasteiger partial charge in [-0.1, -0.05) is 42.5 Å². The quantitative estimate of drug-likeness (QED) is 0.857. The lowest BCUT2D eigenvalue weighted by molar-refractivity contribution is 0.172. The molecule has 1 atom stereocenters. The second-order valence-corrected chi connectivity index (χ2v) is 7.00. The van der Waals surface area contributed by atoms with Crippen molar-refractivity contribution in [2.24, 2.45) is 11.8 Å². The average Bonchev–Trinajstić information content (AvgIpc) is 2.90. The van der Waals surface area contributed by atoms with E-state index in [1.165, 1.54) is 32.5 Å². The molecule has 130 valence electrons. The fraction of sp³-hybridized carbons (Fsp3) is 1.00. The number of rotatable bonds is 4. The van der Waals surface area contributed by atoms with Crippen LogP contribution in [0.1, 0.15) is 61.8 Å². The molecule has 2 rings (SSSR count). The molecule has 0 aromatic heterocycles. The van der Waals surface area contributed by atoms with Crippen LogP contribution in [-0.4, -0.2) is 60.3 Å². The Hall–Kier alpha value is -0.120. The Bertz CT molecular complexity index is 225. The molecule has 2 aliphatic heterocycles. The van der Waals surface area contributed by atoms with E-state index in [0.717, 1.165) is 37.9 Å². The second-order valence-electron chi connectivity index (χ2n) is 7.00. The van der Waals surface area contributed by atoms with Crippen LogP contribution >= 0.6 is 0 Å². The zero-order valence-corrected chi connectivity index (χ0v) is 13.4. The van der Waals surface area contributed by atoms with Gasteiger partial charge in [0.25, 0.3) is 0 Å². The lowest BCUT2D eigenvalue weighted by Crippen LogP contribution is -2.26. The standard InChI is InChI=1S/C8H17NO.C8H17N.2CH4/c1-7(2)5-9-4-3-8(10)6-9;1-8(2)7-9-5-3-4-6-9;;/h7-8,10H,3-6H2,1-2H3;8H,3-7H2,1-2H3;2*1H4. The van der Waals surface area contributed by atoms with Crippen LogP contribution in [0.2, 0.25) is 0 Å². The molecule has 0 amide bonds. The van der Waals surface area contributed by atoms with Gasteiger partial charge in [-0.05, 0) is 44.2 Å². The molecule has 2 heterocycles. The number of nitrogens with zero attached hydrogens (tertiary/aromatic N) is 2. The molecule has 3 heteroatoms. The minimum Gasteiger partial charge on any atom is -0.392 e. The highest BCUT2D eigenvalue weighted by atomic mass is 16.3. The number of hydrogen-bond donors (Lipinski definition) is 1. The molecular formula is C18H42N2O. The summed E-state index contributed by atoms with van der Waals surface area (Å²) in [5.41, 5.74) is 0. The largest absolute Gasteiger partial charge is 0.392 e. The highest BCUT2D eigenvalue weighted by Crippen LogP contribution is 2.10. The third kappa shape index (κ3) is 11.1. The van der Waals surface area contributed by atoms with Gasteiger partial charge in [0.15, 0.2) is 0 Å². The van der Waals surface area contributed by atoms with Crippen LogP contribution in [0.3, 0.4) is 0 Å². The minimum atomic E-state index is -0.0567. The summed E-state index contributed by atoms with van der Waals surface area (Å²) in [6.45, 7) is 16.1. The first-order valence-electron chi connectivity index (χ1n) is 8.10. The monoisotopic (exact) mass is 302 g/mol. The molecule has 1 unspecified atom stereocenters. The van der Waals surface area contributed by atoms with Crippen LogP contribution in [-0.2, 0) is 0 Å². The third-order valence-electron chi connectivity index (χ3n) is 3.69. The van der Waals surface area contributed by atoms with Crippen LogP contribution in [0, 0.1) is 11.8 Å². The van der Waals surface area contributed by atoms with Crippen LogP contribution in [0.15, 0.2) is 0 Å². The van der Waals surface area contributed by atoms with E-state index in [9.17, 15) is 5.11 Å². The summed E-state index contributed by atoms with van der Waals surface area (Å²) in [5, 5.41) is 9.17. The molecule has 0 aromatic carbocycles. The number of aliphatic hydroxyl groups excluding tert-OH is 1. The SMILES string of the molecule is C.C.CC(C)CN1CCC(O)C1.CC(C)CN1CCCC1. The van der Waals surface area contributed by atoms with E-state index in [1.807, 2.05) is 0 Å². The van der Waals surface area contributed by atoms with Gasteiger partial charge < -0.3 is 14.9 Å². The summed E-state index contributed by atoms with van der Waals surface area (Å²) >= 11 is 0. The molecule has 21 heavy (non-hydrogen) atoms. The topological polar surface area (TPSA) is 26.7 Å². The fourth-order valence-electron chi connectivity index (χ4n) is 2.98. The molecule has 3 nitrogen and oxygen atoms in total. The van der Waals surface area contributed by atoms with Crippen LogP contribution in [0.5, 0.6) is 0 Å².